The minimum absolute atomic E-state index is 0.160. The second kappa shape index (κ2) is 7.46. The van der Waals surface area contributed by atoms with Crippen LogP contribution in [0.2, 0.25) is 0 Å². The van der Waals surface area contributed by atoms with E-state index in [0.717, 1.165) is 12.1 Å². The van der Waals surface area contributed by atoms with Crippen molar-refractivity contribution in [1.82, 2.24) is 15.0 Å². The van der Waals surface area contributed by atoms with E-state index in [2.05, 4.69) is 10.1 Å². The van der Waals surface area contributed by atoms with Gasteiger partial charge in [-0.2, -0.15) is 4.98 Å². The van der Waals surface area contributed by atoms with Gasteiger partial charge in [0.2, 0.25) is 11.7 Å². The summed E-state index contributed by atoms with van der Waals surface area (Å²) in [5, 5.41) is 3.71. The van der Waals surface area contributed by atoms with Crippen LogP contribution in [0.1, 0.15) is 35.0 Å². The highest BCUT2D eigenvalue weighted by Gasteiger charge is 2.30. The maximum atomic E-state index is 13.9. The Balaban J connectivity index is 1.53. The Bertz CT molecular complexity index is 984. The number of nitrogens with zero attached hydrogens (tertiary/aromatic N) is 3. The summed E-state index contributed by atoms with van der Waals surface area (Å²) < 4.78 is 46.2. The van der Waals surface area contributed by atoms with Crippen molar-refractivity contribution in [1.29, 1.82) is 0 Å². The Morgan fingerprint density at radius 3 is 2.50 bits per heavy atom. The number of amides is 1. The molecule has 2 aromatic carbocycles. The third kappa shape index (κ3) is 3.49. The fraction of sp³-hybridized carbons (Fsp3) is 0.250. The van der Waals surface area contributed by atoms with Crippen LogP contribution in [0.15, 0.2) is 47.0 Å². The van der Waals surface area contributed by atoms with E-state index in [0.29, 0.717) is 31.5 Å². The summed E-state index contributed by atoms with van der Waals surface area (Å²) in [6, 6.07) is 8.86. The Hall–Kier alpha value is -3.16. The molecule has 1 saturated heterocycles. The van der Waals surface area contributed by atoms with Crippen molar-refractivity contribution in [3.63, 3.8) is 0 Å². The first-order valence-electron chi connectivity index (χ1n) is 8.86. The van der Waals surface area contributed by atoms with E-state index < -0.39 is 17.5 Å². The molecule has 3 aromatic rings. The normalized spacial score (nSPS) is 17.0. The zero-order valence-electron chi connectivity index (χ0n) is 14.7. The molecule has 2 heterocycles. The summed E-state index contributed by atoms with van der Waals surface area (Å²) in [4.78, 5) is 18.4. The number of piperidine rings is 1. The maximum absolute atomic E-state index is 13.9. The molecule has 1 atom stereocenters. The molecule has 1 aliphatic heterocycles. The smallest absolute Gasteiger partial charge is 0.253 e. The molecule has 0 spiro atoms. The van der Waals surface area contributed by atoms with E-state index in [-0.39, 0.29) is 29.1 Å². The van der Waals surface area contributed by atoms with E-state index in [1.807, 2.05) is 0 Å². The van der Waals surface area contributed by atoms with Crippen LogP contribution in [-0.4, -0.2) is 34.0 Å². The molecule has 4 rings (SSSR count). The van der Waals surface area contributed by atoms with Crippen molar-refractivity contribution < 1.29 is 22.5 Å². The van der Waals surface area contributed by atoms with Gasteiger partial charge in [0.15, 0.2) is 0 Å². The fourth-order valence-corrected chi connectivity index (χ4v) is 3.35. The van der Waals surface area contributed by atoms with Crippen molar-refractivity contribution in [3.8, 4) is 11.4 Å². The van der Waals surface area contributed by atoms with Crippen LogP contribution in [0.4, 0.5) is 13.2 Å². The van der Waals surface area contributed by atoms with Crippen molar-refractivity contribution in [2.45, 2.75) is 18.8 Å². The molecule has 0 N–H and O–H groups in total. The molecule has 0 bridgehead atoms. The van der Waals surface area contributed by atoms with Crippen LogP contribution >= 0.6 is 0 Å². The van der Waals surface area contributed by atoms with Gasteiger partial charge in [-0.15, -0.1) is 0 Å². The van der Waals surface area contributed by atoms with Crippen LogP contribution < -0.4 is 0 Å². The minimum atomic E-state index is -0.774. The maximum Gasteiger partial charge on any atom is 0.253 e. The standard InChI is InChI=1S/C20H16F3N3O2/c21-14-8-6-12(7-9-14)20(27)26-10-2-3-13(11-26)19-24-18(25-28-19)17-15(22)4-1-5-16(17)23/h1,4-9,13H,2-3,10-11H2/t13-/m0/s1. The predicted octanol–water partition coefficient (Wildman–Crippen LogP) is 4.17. The van der Waals surface area contributed by atoms with Gasteiger partial charge in [-0.3, -0.25) is 4.79 Å². The lowest BCUT2D eigenvalue weighted by atomic mass is 9.97. The highest BCUT2D eigenvalue weighted by atomic mass is 19.1. The zero-order valence-corrected chi connectivity index (χ0v) is 14.7. The molecule has 0 aliphatic carbocycles. The van der Waals surface area contributed by atoms with E-state index in [1.54, 1.807) is 4.90 Å². The van der Waals surface area contributed by atoms with Crippen molar-refractivity contribution >= 4 is 5.91 Å². The van der Waals surface area contributed by atoms with Crippen molar-refractivity contribution in [2.75, 3.05) is 13.1 Å². The first-order valence-corrected chi connectivity index (χ1v) is 8.86. The molecule has 1 aliphatic rings. The number of hydrogen-bond acceptors (Lipinski definition) is 4. The number of benzene rings is 2. The molecular weight excluding hydrogens is 371 g/mol. The Kier molecular flexibility index (Phi) is 4.85. The van der Waals surface area contributed by atoms with Crippen molar-refractivity contribution in [3.05, 3.63) is 71.4 Å². The van der Waals surface area contributed by atoms with Crippen LogP contribution in [0.3, 0.4) is 0 Å². The third-order valence-electron chi connectivity index (χ3n) is 4.78. The van der Waals surface area contributed by atoms with Gasteiger partial charge in [0, 0.05) is 18.7 Å². The summed E-state index contributed by atoms with van der Waals surface area (Å²) in [5.41, 5.74) is 0.0502. The van der Waals surface area contributed by atoms with Gasteiger partial charge in [-0.1, -0.05) is 11.2 Å². The van der Waals surface area contributed by atoms with Gasteiger partial charge in [0.1, 0.15) is 17.5 Å². The lowest BCUT2D eigenvalue weighted by Gasteiger charge is -2.31. The van der Waals surface area contributed by atoms with Crippen LogP contribution in [0.25, 0.3) is 11.4 Å². The molecule has 0 radical (unpaired) electrons. The van der Waals surface area contributed by atoms with E-state index >= 15 is 0 Å². The minimum Gasteiger partial charge on any atom is -0.339 e. The number of carbonyl (C=O) groups is 1. The Morgan fingerprint density at radius 2 is 1.79 bits per heavy atom. The number of carbonyl (C=O) groups excluding carboxylic acids is 1. The van der Waals surface area contributed by atoms with Gasteiger partial charge in [-0.25, -0.2) is 13.2 Å². The molecule has 5 nitrogen and oxygen atoms in total. The fourth-order valence-electron chi connectivity index (χ4n) is 3.35. The second-order valence-corrected chi connectivity index (χ2v) is 6.65. The summed E-state index contributed by atoms with van der Waals surface area (Å²) in [6.07, 6.45) is 1.41. The number of hydrogen-bond donors (Lipinski definition) is 0. The molecule has 1 amide bonds. The Labute approximate surface area is 158 Å². The monoisotopic (exact) mass is 387 g/mol. The van der Waals surface area contributed by atoms with Gasteiger partial charge in [0.05, 0.1) is 11.5 Å². The summed E-state index contributed by atoms with van der Waals surface area (Å²) in [7, 11) is 0. The molecule has 8 heteroatoms. The first-order chi connectivity index (χ1) is 13.5. The first kappa shape index (κ1) is 18.2. The number of halogens is 3. The summed E-state index contributed by atoms with van der Waals surface area (Å²) in [5.74, 6) is -2.35. The summed E-state index contributed by atoms with van der Waals surface area (Å²) >= 11 is 0. The topological polar surface area (TPSA) is 59.2 Å². The molecule has 1 aromatic heterocycles. The lowest BCUT2D eigenvalue weighted by molar-refractivity contribution is 0.0695. The second-order valence-electron chi connectivity index (χ2n) is 6.65. The summed E-state index contributed by atoms with van der Waals surface area (Å²) in [6.45, 7) is 0.882. The van der Waals surface area contributed by atoms with Crippen molar-refractivity contribution in [2.24, 2.45) is 0 Å². The highest BCUT2D eigenvalue weighted by molar-refractivity contribution is 5.94. The molecule has 0 unspecified atom stereocenters. The highest BCUT2D eigenvalue weighted by Crippen LogP contribution is 2.30. The quantitative estimate of drug-likeness (QED) is 0.677. The Morgan fingerprint density at radius 1 is 1.07 bits per heavy atom. The van der Waals surface area contributed by atoms with Crippen LogP contribution in [0.5, 0.6) is 0 Å². The number of aromatic nitrogens is 2. The molecular formula is C20H16F3N3O2. The zero-order chi connectivity index (χ0) is 19.7. The number of likely N-dealkylation sites (tertiary alicyclic amines) is 1. The van der Waals surface area contributed by atoms with Gasteiger partial charge in [0.25, 0.3) is 5.91 Å². The van der Waals surface area contributed by atoms with Gasteiger partial charge < -0.3 is 9.42 Å². The SMILES string of the molecule is O=C(c1ccc(F)cc1)N1CCC[C@H](c2nc(-c3c(F)cccc3F)no2)C1. The lowest BCUT2D eigenvalue weighted by Crippen LogP contribution is -2.39. The molecule has 28 heavy (non-hydrogen) atoms. The number of rotatable bonds is 3. The average Bonchev–Trinajstić information content (AvgIpc) is 3.18. The van der Waals surface area contributed by atoms with Crippen LogP contribution in [0, 0.1) is 17.5 Å². The molecule has 0 saturated carbocycles. The van der Waals surface area contributed by atoms with E-state index in [4.69, 9.17) is 4.52 Å². The van der Waals surface area contributed by atoms with Gasteiger partial charge >= 0.3 is 0 Å². The molecule has 1 fully saturated rings. The predicted molar refractivity (Wildman–Crippen MR) is 93.9 cm³/mol. The van der Waals surface area contributed by atoms with E-state index in [9.17, 15) is 18.0 Å². The third-order valence-corrected chi connectivity index (χ3v) is 4.78. The largest absolute Gasteiger partial charge is 0.339 e. The van der Waals surface area contributed by atoms with Gasteiger partial charge in [-0.05, 0) is 49.2 Å². The molecule has 144 valence electrons. The van der Waals surface area contributed by atoms with E-state index in [1.165, 1.54) is 30.3 Å². The average molecular weight is 387 g/mol. The van der Waals surface area contributed by atoms with Crippen LogP contribution in [-0.2, 0) is 0 Å².